The van der Waals surface area contributed by atoms with E-state index in [1.165, 1.54) is 6.08 Å². The number of nitrogens with one attached hydrogen (secondary N) is 1. The minimum Gasteiger partial charge on any atom is -0.493 e. The molecule has 1 unspecified atom stereocenters. The van der Waals surface area contributed by atoms with E-state index in [1.54, 1.807) is 32.4 Å². The molecule has 35 heavy (non-hydrogen) atoms. The van der Waals surface area contributed by atoms with Gasteiger partial charge in [-0.3, -0.25) is 4.79 Å². The molecule has 1 N–H and O–H groups in total. The number of amides is 1. The maximum Gasteiger partial charge on any atom is 0.244 e. The first-order valence-electron chi connectivity index (χ1n) is 11.2. The first-order valence-corrected chi connectivity index (χ1v) is 11.2. The zero-order chi connectivity index (χ0) is 24.9. The van der Waals surface area contributed by atoms with Gasteiger partial charge in [0.15, 0.2) is 22.8 Å². The number of aromatic nitrogens is 1. The number of carbonyl (C=O) groups is 1. The number of ether oxygens (including phenoxy) is 3. The van der Waals surface area contributed by atoms with Crippen molar-refractivity contribution in [2.75, 3.05) is 14.2 Å². The number of hydrogen-bond donors (Lipinski definition) is 1. The van der Waals surface area contributed by atoms with Crippen molar-refractivity contribution in [2.24, 2.45) is 0 Å². The quantitative estimate of drug-likeness (QED) is 0.318. The molecule has 2 aromatic carbocycles. The van der Waals surface area contributed by atoms with Crippen LogP contribution >= 0.6 is 0 Å². The lowest BCUT2D eigenvalue weighted by Gasteiger charge is -2.11. The zero-order valence-corrected chi connectivity index (χ0v) is 20.4. The van der Waals surface area contributed by atoms with Gasteiger partial charge >= 0.3 is 0 Å². The molecule has 0 radical (unpaired) electrons. The fourth-order valence-electron chi connectivity index (χ4n) is 3.70. The molecule has 0 saturated heterocycles. The lowest BCUT2D eigenvalue weighted by molar-refractivity contribution is -0.117. The van der Waals surface area contributed by atoms with Gasteiger partial charge in [0.05, 0.1) is 31.5 Å². The molecule has 2 heterocycles. The molecule has 0 aliphatic heterocycles. The van der Waals surface area contributed by atoms with Crippen LogP contribution in [0.25, 0.3) is 17.0 Å². The van der Waals surface area contributed by atoms with Crippen LogP contribution in [0.2, 0.25) is 0 Å². The van der Waals surface area contributed by atoms with Gasteiger partial charge in [-0.05, 0) is 56.7 Å². The number of rotatable bonds is 9. The number of hydrogen-bond acceptors (Lipinski definition) is 7. The van der Waals surface area contributed by atoms with E-state index in [4.69, 9.17) is 23.2 Å². The average Bonchev–Trinajstić information content (AvgIpc) is 3.44. The second-order valence-corrected chi connectivity index (χ2v) is 8.09. The molecule has 4 aromatic rings. The molecular formula is C27H28N2O6. The summed E-state index contributed by atoms with van der Waals surface area (Å²) in [6.07, 6.45) is 3.18. The molecule has 2 aromatic heterocycles. The molecule has 0 fully saturated rings. The zero-order valence-electron chi connectivity index (χ0n) is 20.4. The molecule has 0 bridgehead atoms. The Bertz CT molecular complexity index is 1350. The highest BCUT2D eigenvalue weighted by molar-refractivity contribution is 5.92. The monoisotopic (exact) mass is 476 g/mol. The average molecular weight is 477 g/mol. The van der Waals surface area contributed by atoms with Crippen LogP contribution in [-0.2, 0) is 11.4 Å². The number of methoxy groups -OCH3 is 2. The van der Waals surface area contributed by atoms with Crippen LogP contribution in [0.3, 0.4) is 0 Å². The topological polar surface area (TPSA) is 96.0 Å². The number of fused-ring (bicyclic) bond motifs is 1. The molecular weight excluding hydrogens is 448 g/mol. The van der Waals surface area contributed by atoms with Crippen LogP contribution in [0.5, 0.6) is 17.2 Å². The molecule has 1 amide bonds. The Morgan fingerprint density at radius 3 is 2.60 bits per heavy atom. The Hall–Kier alpha value is -4.20. The Morgan fingerprint density at radius 2 is 1.89 bits per heavy atom. The van der Waals surface area contributed by atoms with Crippen molar-refractivity contribution in [3.63, 3.8) is 0 Å². The van der Waals surface area contributed by atoms with Crippen molar-refractivity contribution in [1.29, 1.82) is 0 Å². The lowest BCUT2D eigenvalue weighted by Crippen LogP contribution is -2.24. The number of furan rings is 1. The summed E-state index contributed by atoms with van der Waals surface area (Å²) in [6, 6.07) is 12.7. The van der Waals surface area contributed by atoms with Gasteiger partial charge < -0.3 is 28.5 Å². The fourth-order valence-corrected chi connectivity index (χ4v) is 3.70. The Balaban J connectivity index is 1.40. The summed E-state index contributed by atoms with van der Waals surface area (Å²) in [7, 11) is 3.17. The van der Waals surface area contributed by atoms with Gasteiger partial charge in [0.2, 0.25) is 5.91 Å². The molecule has 0 aliphatic carbocycles. The predicted octanol–water partition coefficient (Wildman–Crippen LogP) is 5.52. The predicted molar refractivity (Wildman–Crippen MR) is 132 cm³/mol. The van der Waals surface area contributed by atoms with E-state index in [0.29, 0.717) is 35.2 Å². The maximum absolute atomic E-state index is 12.5. The molecule has 0 saturated carbocycles. The number of aryl methyl sites for hydroxylation is 2. The van der Waals surface area contributed by atoms with Gasteiger partial charge in [0.25, 0.3) is 0 Å². The highest BCUT2D eigenvalue weighted by Gasteiger charge is 2.16. The summed E-state index contributed by atoms with van der Waals surface area (Å²) in [4.78, 5) is 12.5. The maximum atomic E-state index is 12.5. The summed E-state index contributed by atoms with van der Waals surface area (Å²) in [5.41, 5.74) is 3.15. The Kier molecular flexibility index (Phi) is 7.10. The summed E-state index contributed by atoms with van der Waals surface area (Å²) in [5, 5.41) is 7.78. The van der Waals surface area contributed by atoms with Crippen molar-refractivity contribution in [3.8, 4) is 17.2 Å². The van der Waals surface area contributed by atoms with Gasteiger partial charge in [0.1, 0.15) is 18.1 Å². The van der Waals surface area contributed by atoms with Crippen LogP contribution in [0.1, 0.15) is 41.3 Å². The fraction of sp³-hybridized carbons (Fsp3) is 0.259. The van der Waals surface area contributed by atoms with Crippen LogP contribution in [0.4, 0.5) is 0 Å². The van der Waals surface area contributed by atoms with E-state index >= 15 is 0 Å². The standard InChI is InChI=1S/C27H28N2O6/c1-16-21(18(3)35-29-16)15-33-22-11-9-19(13-25(22)32-5)10-12-26(30)28-17(2)24-14-20-7-6-8-23(31-4)27(20)34-24/h6-14,17H,15H2,1-5H3,(H,28,30)/b12-10+. The van der Waals surface area contributed by atoms with E-state index in [9.17, 15) is 4.79 Å². The summed E-state index contributed by atoms with van der Waals surface area (Å²) in [6.45, 7) is 5.91. The normalized spacial score (nSPS) is 12.1. The second-order valence-electron chi connectivity index (χ2n) is 8.09. The van der Waals surface area contributed by atoms with E-state index in [2.05, 4.69) is 10.5 Å². The highest BCUT2D eigenvalue weighted by Crippen LogP contribution is 2.31. The minimum atomic E-state index is -0.320. The third-order valence-electron chi connectivity index (χ3n) is 5.70. The summed E-state index contributed by atoms with van der Waals surface area (Å²) in [5.74, 6) is 2.92. The summed E-state index contributed by atoms with van der Waals surface area (Å²) < 4.78 is 27.8. The van der Waals surface area contributed by atoms with E-state index in [-0.39, 0.29) is 11.9 Å². The van der Waals surface area contributed by atoms with Crippen LogP contribution in [0.15, 0.2) is 57.5 Å². The van der Waals surface area contributed by atoms with Crippen molar-refractivity contribution in [1.82, 2.24) is 10.5 Å². The molecule has 8 heteroatoms. The molecule has 0 spiro atoms. The van der Waals surface area contributed by atoms with E-state index in [0.717, 1.165) is 28.0 Å². The van der Waals surface area contributed by atoms with Crippen molar-refractivity contribution in [2.45, 2.75) is 33.4 Å². The van der Waals surface area contributed by atoms with Crippen LogP contribution in [0, 0.1) is 13.8 Å². The largest absolute Gasteiger partial charge is 0.493 e. The third-order valence-corrected chi connectivity index (χ3v) is 5.70. The van der Waals surface area contributed by atoms with Gasteiger partial charge in [0, 0.05) is 11.5 Å². The smallest absolute Gasteiger partial charge is 0.244 e. The van der Waals surface area contributed by atoms with Crippen LogP contribution in [-0.4, -0.2) is 25.3 Å². The minimum absolute atomic E-state index is 0.248. The van der Waals surface area contributed by atoms with E-state index < -0.39 is 0 Å². The first-order chi connectivity index (χ1) is 16.9. The molecule has 8 nitrogen and oxygen atoms in total. The molecule has 4 rings (SSSR count). The van der Waals surface area contributed by atoms with Gasteiger partial charge in [-0.1, -0.05) is 23.4 Å². The SMILES string of the molecule is COc1cc(/C=C/C(=O)NC(C)c2cc3cccc(OC)c3o2)ccc1OCc1c(C)noc1C. The van der Waals surface area contributed by atoms with Crippen molar-refractivity contribution < 1.29 is 27.9 Å². The number of carbonyl (C=O) groups excluding carboxylic acids is 1. The highest BCUT2D eigenvalue weighted by atomic mass is 16.5. The Labute approximate surface area is 203 Å². The Morgan fingerprint density at radius 1 is 1.09 bits per heavy atom. The molecule has 0 aliphatic rings. The van der Waals surface area contributed by atoms with Gasteiger partial charge in [-0.25, -0.2) is 0 Å². The van der Waals surface area contributed by atoms with Gasteiger partial charge in [-0.15, -0.1) is 0 Å². The number of para-hydroxylation sites is 1. The lowest BCUT2D eigenvalue weighted by atomic mass is 10.1. The number of benzene rings is 2. The summed E-state index contributed by atoms with van der Waals surface area (Å²) >= 11 is 0. The van der Waals surface area contributed by atoms with E-state index in [1.807, 2.05) is 51.1 Å². The molecule has 1 atom stereocenters. The molecule has 182 valence electrons. The van der Waals surface area contributed by atoms with Crippen molar-refractivity contribution in [3.05, 3.63) is 76.9 Å². The van der Waals surface area contributed by atoms with Gasteiger partial charge in [-0.2, -0.15) is 0 Å². The van der Waals surface area contributed by atoms with Crippen molar-refractivity contribution >= 4 is 23.0 Å². The first kappa shape index (κ1) is 23.9. The number of nitrogens with zero attached hydrogens (tertiary/aromatic N) is 1. The third kappa shape index (κ3) is 5.32. The van der Waals surface area contributed by atoms with Crippen LogP contribution < -0.4 is 19.5 Å². The second kappa shape index (κ2) is 10.4.